The highest BCUT2D eigenvalue weighted by atomic mass is 32.1. The number of esters is 2. The van der Waals surface area contributed by atoms with Crippen LogP contribution in [0.25, 0.3) is 0 Å². The fourth-order valence-electron chi connectivity index (χ4n) is 2.42. The number of anilines is 1. The van der Waals surface area contributed by atoms with E-state index in [9.17, 15) is 19.2 Å². The molecule has 0 unspecified atom stereocenters. The minimum Gasteiger partial charge on any atom is -0.462 e. The van der Waals surface area contributed by atoms with Crippen LogP contribution in [0.15, 0.2) is 4.79 Å². The monoisotopic (exact) mass is 442 g/mol. The van der Waals surface area contributed by atoms with Crippen LogP contribution >= 0.6 is 22.7 Å². The summed E-state index contributed by atoms with van der Waals surface area (Å²) >= 11 is 1.72. The van der Waals surface area contributed by atoms with Gasteiger partial charge < -0.3 is 24.1 Å². The van der Waals surface area contributed by atoms with Gasteiger partial charge >= 0.3 is 16.8 Å². The first kappa shape index (κ1) is 22.8. The van der Waals surface area contributed by atoms with Crippen LogP contribution in [0.4, 0.5) is 5.00 Å². The number of nitrogens with one attached hydrogen (secondary N) is 1. The molecule has 0 fully saturated rings. The van der Waals surface area contributed by atoms with E-state index in [0.717, 1.165) is 22.7 Å². The van der Waals surface area contributed by atoms with E-state index >= 15 is 0 Å². The van der Waals surface area contributed by atoms with Gasteiger partial charge in [0.25, 0.3) is 5.91 Å². The maximum atomic E-state index is 12.7. The van der Waals surface area contributed by atoms with Crippen LogP contribution in [0, 0.1) is 13.8 Å². The lowest BCUT2D eigenvalue weighted by Gasteiger charge is -2.07. The largest absolute Gasteiger partial charge is 0.462 e. The van der Waals surface area contributed by atoms with Crippen molar-refractivity contribution in [2.24, 2.45) is 7.05 Å². The first-order valence-corrected chi connectivity index (χ1v) is 10.3. The lowest BCUT2D eigenvalue weighted by molar-refractivity contribution is 0.0392. The summed E-state index contributed by atoms with van der Waals surface area (Å²) in [4.78, 5) is 49.4. The molecule has 0 radical (unpaired) electrons. The van der Waals surface area contributed by atoms with E-state index in [0.29, 0.717) is 11.3 Å². The van der Waals surface area contributed by atoms with E-state index in [1.807, 2.05) is 0 Å². The van der Waals surface area contributed by atoms with Crippen molar-refractivity contribution in [2.75, 3.05) is 32.2 Å². The molecule has 0 atom stereocenters. The van der Waals surface area contributed by atoms with Crippen molar-refractivity contribution in [3.8, 4) is 0 Å². The molecule has 0 bridgehead atoms. The third-order valence-corrected chi connectivity index (χ3v) is 6.38. The van der Waals surface area contributed by atoms with Crippen LogP contribution in [0.5, 0.6) is 0 Å². The standard InChI is InChI=1S/C18H22N2O7S2/c1-6-26-16(22)11-9(2)12(17(23)27-8-7-25-5)28-15(11)19-14(21)13-10(3)20(4)18(24)29-13/h6-8H2,1-5H3,(H,19,21). The van der Waals surface area contributed by atoms with E-state index in [-0.39, 0.29) is 45.0 Å². The fraction of sp³-hybridized carbons (Fsp3) is 0.444. The third-order valence-electron chi connectivity index (χ3n) is 4.06. The van der Waals surface area contributed by atoms with Gasteiger partial charge in [-0.25, -0.2) is 9.59 Å². The van der Waals surface area contributed by atoms with Gasteiger partial charge in [0.05, 0.1) is 18.8 Å². The average molecular weight is 443 g/mol. The molecule has 29 heavy (non-hydrogen) atoms. The summed E-state index contributed by atoms with van der Waals surface area (Å²) in [7, 11) is 3.05. The minimum atomic E-state index is -0.662. The predicted octanol–water partition coefficient (Wildman–Crippen LogP) is 2.36. The van der Waals surface area contributed by atoms with Crippen LogP contribution < -0.4 is 10.2 Å². The Morgan fingerprint density at radius 1 is 1.03 bits per heavy atom. The number of hydrogen-bond acceptors (Lipinski definition) is 9. The lowest BCUT2D eigenvalue weighted by atomic mass is 10.1. The molecule has 0 aliphatic rings. The highest BCUT2D eigenvalue weighted by molar-refractivity contribution is 7.19. The summed E-state index contributed by atoms with van der Waals surface area (Å²) in [5, 5.41) is 2.80. The van der Waals surface area contributed by atoms with E-state index in [2.05, 4.69) is 5.32 Å². The molecule has 0 saturated heterocycles. The van der Waals surface area contributed by atoms with Crippen molar-refractivity contribution in [3.05, 3.63) is 36.2 Å². The van der Waals surface area contributed by atoms with Gasteiger partial charge in [0.15, 0.2) is 0 Å². The van der Waals surface area contributed by atoms with Gasteiger partial charge in [-0.2, -0.15) is 0 Å². The maximum absolute atomic E-state index is 12.7. The molecule has 0 aliphatic heterocycles. The van der Waals surface area contributed by atoms with Gasteiger partial charge in [0.2, 0.25) is 0 Å². The Hall–Kier alpha value is -2.50. The van der Waals surface area contributed by atoms with E-state index < -0.39 is 17.8 Å². The zero-order chi connectivity index (χ0) is 21.7. The number of carbonyl (C=O) groups excluding carboxylic acids is 3. The second-order valence-corrected chi connectivity index (χ2v) is 7.89. The van der Waals surface area contributed by atoms with Crippen LogP contribution in [0.1, 0.15) is 47.9 Å². The zero-order valence-electron chi connectivity index (χ0n) is 16.7. The molecular formula is C18H22N2O7S2. The van der Waals surface area contributed by atoms with Crippen LogP contribution in [-0.2, 0) is 21.3 Å². The zero-order valence-corrected chi connectivity index (χ0v) is 18.4. The van der Waals surface area contributed by atoms with Crippen molar-refractivity contribution < 1.29 is 28.6 Å². The molecule has 158 valence electrons. The molecule has 0 spiro atoms. The molecule has 0 aromatic carbocycles. The molecule has 2 aromatic rings. The number of thiazole rings is 1. The number of ether oxygens (including phenoxy) is 3. The number of methoxy groups -OCH3 is 1. The maximum Gasteiger partial charge on any atom is 0.348 e. The minimum absolute atomic E-state index is 0.0558. The molecule has 0 aliphatic carbocycles. The number of rotatable bonds is 8. The lowest BCUT2D eigenvalue weighted by Crippen LogP contribution is -2.15. The molecule has 2 aromatic heterocycles. The predicted molar refractivity (Wildman–Crippen MR) is 109 cm³/mol. The van der Waals surface area contributed by atoms with Crippen molar-refractivity contribution >= 4 is 45.5 Å². The van der Waals surface area contributed by atoms with E-state index in [1.54, 1.807) is 27.8 Å². The fourth-order valence-corrected chi connectivity index (χ4v) is 4.38. The van der Waals surface area contributed by atoms with Gasteiger partial charge in [-0.05, 0) is 26.3 Å². The van der Waals surface area contributed by atoms with Crippen molar-refractivity contribution in [2.45, 2.75) is 20.8 Å². The molecule has 1 amide bonds. The Labute approximate surface area is 175 Å². The van der Waals surface area contributed by atoms with Gasteiger partial charge in [0.1, 0.15) is 21.4 Å². The normalized spacial score (nSPS) is 10.7. The van der Waals surface area contributed by atoms with E-state index in [1.165, 1.54) is 11.7 Å². The number of nitrogens with zero attached hydrogens (tertiary/aromatic N) is 1. The van der Waals surface area contributed by atoms with Crippen LogP contribution in [-0.4, -0.2) is 49.3 Å². The second kappa shape index (κ2) is 9.81. The van der Waals surface area contributed by atoms with Gasteiger partial charge in [0, 0.05) is 19.9 Å². The number of amides is 1. The summed E-state index contributed by atoms with van der Waals surface area (Å²) in [6.45, 7) is 5.31. The Morgan fingerprint density at radius 2 is 1.72 bits per heavy atom. The third kappa shape index (κ3) is 4.92. The van der Waals surface area contributed by atoms with Crippen molar-refractivity contribution in [1.82, 2.24) is 4.57 Å². The summed E-state index contributed by atoms with van der Waals surface area (Å²) in [6, 6.07) is 0. The molecular weight excluding hydrogens is 420 g/mol. The smallest absolute Gasteiger partial charge is 0.348 e. The van der Waals surface area contributed by atoms with Crippen molar-refractivity contribution in [3.63, 3.8) is 0 Å². The van der Waals surface area contributed by atoms with Crippen LogP contribution in [0.2, 0.25) is 0 Å². The highest BCUT2D eigenvalue weighted by Gasteiger charge is 2.28. The molecule has 1 N–H and O–H groups in total. The summed E-state index contributed by atoms with van der Waals surface area (Å²) in [6.07, 6.45) is 0. The Kier molecular flexibility index (Phi) is 7.71. The quantitative estimate of drug-likeness (QED) is 0.493. The molecule has 2 rings (SSSR count). The summed E-state index contributed by atoms with van der Waals surface area (Å²) in [5.74, 6) is -1.84. The molecule has 11 heteroatoms. The van der Waals surface area contributed by atoms with Gasteiger partial charge in [-0.3, -0.25) is 9.59 Å². The average Bonchev–Trinajstić information content (AvgIpc) is 3.13. The Morgan fingerprint density at radius 3 is 2.28 bits per heavy atom. The highest BCUT2D eigenvalue weighted by Crippen LogP contribution is 2.35. The number of hydrogen-bond donors (Lipinski definition) is 1. The molecule has 2 heterocycles. The molecule has 0 saturated carbocycles. The Bertz CT molecular complexity index is 987. The second-order valence-electron chi connectivity index (χ2n) is 5.91. The van der Waals surface area contributed by atoms with E-state index in [4.69, 9.17) is 14.2 Å². The Balaban J connectivity index is 2.40. The first-order chi connectivity index (χ1) is 13.7. The summed E-state index contributed by atoms with van der Waals surface area (Å²) < 4.78 is 16.4. The van der Waals surface area contributed by atoms with Crippen LogP contribution in [0.3, 0.4) is 0 Å². The SMILES string of the molecule is CCOC(=O)c1c(NC(=O)c2sc(=O)n(C)c2C)sc(C(=O)OCCOC)c1C. The van der Waals surface area contributed by atoms with Crippen molar-refractivity contribution in [1.29, 1.82) is 0 Å². The molecule has 9 nitrogen and oxygen atoms in total. The number of thiophene rings is 1. The van der Waals surface area contributed by atoms with Gasteiger partial charge in [-0.1, -0.05) is 11.3 Å². The summed E-state index contributed by atoms with van der Waals surface area (Å²) in [5.41, 5.74) is 0.941. The van der Waals surface area contributed by atoms with Gasteiger partial charge in [-0.15, -0.1) is 11.3 Å². The number of carbonyl (C=O) groups is 3. The number of aromatic nitrogens is 1. The first-order valence-electron chi connectivity index (χ1n) is 8.67. The topological polar surface area (TPSA) is 113 Å².